The van der Waals surface area contributed by atoms with Gasteiger partial charge in [-0.25, -0.2) is 0 Å². The molecule has 2 N–H and O–H groups in total. The molecular weight excluding hydrogens is 480 g/mol. The largest absolute Gasteiger partial charge is 0.481 e. The number of ether oxygens (including phenoxy) is 2. The van der Waals surface area contributed by atoms with Crippen LogP contribution in [0.3, 0.4) is 0 Å². The van der Waals surface area contributed by atoms with Crippen molar-refractivity contribution in [2.45, 2.75) is 77.4 Å². The number of anilines is 2. The summed E-state index contributed by atoms with van der Waals surface area (Å²) in [6, 6.07) is 14.3. The summed E-state index contributed by atoms with van der Waals surface area (Å²) in [5.74, 6) is -0.854. The molecule has 7 heteroatoms. The Kier molecular flexibility index (Phi) is 11.2. The van der Waals surface area contributed by atoms with Crippen LogP contribution in [-0.2, 0) is 25.5 Å². The highest BCUT2D eigenvalue weighted by Crippen LogP contribution is 2.36. The van der Waals surface area contributed by atoms with E-state index in [0.717, 1.165) is 60.3 Å². The number of aryl methyl sites for hydroxylation is 1. The summed E-state index contributed by atoms with van der Waals surface area (Å²) in [4.78, 5) is 27.2. The molecule has 0 aromatic heterocycles. The van der Waals surface area contributed by atoms with Gasteiger partial charge in [0.25, 0.3) is 0 Å². The molecule has 0 spiro atoms. The number of benzene rings is 2. The Hall–Kier alpha value is -2.90. The lowest BCUT2D eigenvalue weighted by molar-refractivity contribution is -0.137. The number of methoxy groups -OCH3 is 2. The maximum atomic E-state index is 13.2. The van der Waals surface area contributed by atoms with Crippen LogP contribution < -0.4 is 10.2 Å². The smallest absolute Gasteiger partial charge is 0.304 e. The lowest BCUT2D eigenvalue weighted by atomic mass is 9.90. The number of hydrogen-bond acceptors (Lipinski definition) is 5. The highest BCUT2D eigenvalue weighted by Gasteiger charge is 2.29. The fraction of sp³-hybridized carbons (Fsp3) is 0.548. The van der Waals surface area contributed by atoms with Gasteiger partial charge in [0.2, 0.25) is 5.91 Å². The Bertz CT molecular complexity index is 1040. The molecule has 1 atom stereocenters. The number of hydrogen-bond donors (Lipinski definition) is 2. The highest BCUT2D eigenvalue weighted by molar-refractivity contribution is 5.96. The second kappa shape index (κ2) is 14.3. The number of nitrogens with zero attached hydrogens (tertiary/aromatic N) is 1. The fourth-order valence-corrected chi connectivity index (χ4v) is 5.36. The van der Waals surface area contributed by atoms with Crippen molar-refractivity contribution < 1.29 is 24.2 Å². The molecule has 0 radical (unpaired) electrons. The van der Waals surface area contributed by atoms with Crippen molar-refractivity contribution in [1.82, 2.24) is 0 Å². The van der Waals surface area contributed by atoms with Crippen LogP contribution in [0.5, 0.6) is 0 Å². The number of carbonyl (C=O) groups excluding carboxylic acids is 1. The van der Waals surface area contributed by atoms with Gasteiger partial charge >= 0.3 is 5.97 Å². The van der Waals surface area contributed by atoms with E-state index < -0.39 is 5.97 Å². The third kappa shape index (κ3) is 8.57. The topological polar surface area (TPSA) is 88.1 Å². The van der Waals surface area contributed by atoms with Crippen LogP contribution >= 0.6 is 0 Å². The van der Waals surface area contributed by atoms with Crippen LogP contribution in [0.25, 0.3) is 0 Å². The molecule has 0 saturated heterocycles. The van der Waals surface area contributed by atoms with Crippen LogP contribution in [0.4, 0.5) is 11.4 Å². The SMILES string of the molecule is COCC(CC(=O)O)c1ccc(N(CC(C)C)C2CCC(OC)CC2)c(NC(=O)Cc2ccc(C)cc2)c1. The molecule has 3 rings (SSSR count). The van der Waals surface area contributed by atoms with Crippen molar-refractivity contribution in [1.29, 1.82) is 0 Å². The van der Waals surface area contributed by atoms with E-state index >= 15 is 0 Å². The van der Waals surface area contributed by atoms with Crippen molar-refractivity contribution in [2.24, 2.45) is 5.92 Å². The molecule has 208 valence electrons. The maximum Gasteiger partial charge on any atom is 0.304 e. The van der Waals surface area contributed by atoms with E-state index in [1.54, 1.807) is 14.2 Å². The summed E-state index contributed by atoms with van der Waals surface area (Å²) >= 11 is 0. The Morgan fingerprint density at radius 2 is 1.74 bits per heavy atom. The molecule has 1 amide bonds. The van der Waals surface area contributed by atoms with Crippen LogP contribution in [0, 0.1) is 12.8 Å². The summed E-state index contributed by atoms with van der Waals surface area (Å²) < 4.78 is 10.9. The van der Waals surface area contributed by atoms with E-state index in [9.17, 15) is 14.7 Å². The zero-order chi connectivity index (χ0) is 27.7. The summed E-state index contributed by atoms with van der Waals surface area (Å²) in [5, 5.41) is 12.7. The number of nitrogens with one attached hydrogen (secondary N) is 1. The zero-order valence-electron chi connectivity index (χ0n) is 23.5. The van der Waals surface area contributed by atoms with Crippen LogP contribution in [0.15, 0.2) is 42.5 Å². The molecule has 1 saturated carbocycles. The third-order valence-electron chi connectivity index (χ3n) is 7.33. The molecule has 1 aliphatic rings. The summed E-state index contributed by atoms with van der Waals surface area (Å²) in [6.07, 6.45) is 4.60. The zero-order valence-corrected chi connectivity index (χ0v) is 23.5. The molecule has 2 aromatic carbocycles. The minimum Gasteiger partial charge on any atom is -0.481 e. The average molecular weight is 525 g/mol. The van der Waals surface area contributed by atoms with Gasteiger partial charge in [-0.15, -0.1) is 0 Å². The first-order chi connectivity index (χ1) is 18.2. The molecule has 1 aliphatic carbocycles. The van der Waals surface area contributed by atoms with E-state index in [1.807, 2.05) is 49.4 Å². The van der Waals surface area contributed by atoms with Crippen LogP contribution in [0.1, 0.15) is 68.6 Å². The number of amides is 1. The quantitative estimate of drug-likeness (QED) is 0.344. The van der Waals surface area contributed by atoms with E-state index in [-0.39, 0.29) is 24.7 Å². The van der Waals surface area contributed by atoms with E-state index in [1.165, 1.54) is 0 Å². The Morgan fingerprint density at radius 1 is 1.05 bits per heavy atom. The molecule has 2 aromatic rings. The first kappa shape index (κ1) is 29.7. The summed E-state index contributed by atoms with van der Waals surface area (Å²) in [7, 11) is 3.36. The van der Waals surface area contributed by atoms with Crippen molar-refractivity contribution in [2.75, 3.05) is 37.6 Å². The third-order valence-corrected chi connectivity index (χ3v) is 7.33. The Morgan fingerprint density at radius 3 is 2.32 bits per heavy atom. The van der Waals surface area contributed by atoms with E-state index in [2.05, 4.69) is 24.1 Å². The lowest BCUT2D eigenvalue weighted by Gasteiger charge is -2.40. The normalized spacial score (nSPS) is 18.3. The predicted octanol–water partition coefficient (Wildman–Crippen LogP) is 5.80. The number of carbonyl (C=O) groups is 2. The molecule has 38 heavy (non-hydrogen) atoms. The van der Waals surface area contributed by atoms with Gasteiger partial charge in [0.15, 0.2) is 0 Å². The molecule has 7 nitrogen and oxygen atoms in total. The van der Waals surface area contributed by atoms with Gasteiger partial charge in [-0.3, -0.25) is 9.59 Å². The first-order valence-electron chi connectivity index (χ1n) is 13.7. The number of carboxylic acids is 1. The second-order valence-electron chi connectivity index (χ2n) is 10.9. The summed E-state index contributed by atoms with van der Waals surface area (Å²) in [6.45, 7) is 7.59. The Balaban J connectivity index is 1.97. The van der Waals surface area contributed by atoms with Crippen molar-refractivity contribution in [3.05, 3.63) is 59.2 Å². The molecule has 0 aliphatic heterocycles. The molecule has 0 heterocycles. The minimum absolute atomic E-state index is 0.0410. The van der Waals surface area contributed by atoms with Gasteiger partial charge in [-0.1, -0.05) is 49.7 Å². The van der Waals surface area contributed by atoms with Crippen molar-refractivity contribution in [3.63, 3.8) is 0 Å². The van der Waals surface area contributed by atoms with Crippen molar-refractivity contribution >= 4 is 23.3 Å². The first-order valence-corrected chi connectivity index (χ1v) is 13.7. The number of carboxylic acid groups (broad SMARTS) is 1. The summed E-state index contributed by atoms with van der Waals surface area (Å²) in [5.41, 5.74) is 4.65. The van der Waals surface area contributed by atoms with Crippen LogP contribution in [0.2, 0.25) is 0 Å². The van der Waals surface area contributed by atoms with E-state index in [0.29, 0.717) is 24.7 Å². The number of aliphatic carboxylic acids is 1. The highest BCUT2D eigenvalue weighted by atomic mass is 16.5. The minimum atomic E-state index is -0.877. The Labute approximate surface area is 227 Å². The van der Waals surface area contributed by atoms with Gasteiger partial charge in [0.1, 0.15) is 0 Å². The van der Waals surface area contributed by atoms with Gasteiger partial charge in [-0.05, 0) is 61.8 Å². The second-order valence-corrected chi connectivity index (χ2v) is 10.9. The molecule has 1 fully saturated rings. The predicted molar refractivity (Wildman–Crippen MR) is 152 cm³/mol. The molecular formula is C31H44N2O5. The lowest BCUT2D eigenvalue weighted by Crippen LogP contribution is -2.42. The molecule has 0 bridgehead atoms. The number of rotatable bonds is 13. The fourth-order valence-electron chi connectivity index (χ4n) is 5.36. The van der Waals surface area contributed by atoms with Gasteiger partial charge < -0.3 is 24.8 Å². The van der Waals surface area contributed by atoms with Gasteiger partial charge in [0, 0.05) is 32.7 Å². The van der Waals surface area contributed by atoms with Crippen molar-refractivity contribution in [3.8, 4) is 0 Å². The monoisotopic (exact) mass is 524 g/mol. The van der Waals surface area contributed by atoms with Gasteiger partial charge in [-0.2, -0.15) is 0 Å². The molecule has 1 unspecified atom stereocenters. The van der Waals surface area contributed by atoms with Crippen LogP contribution in [-0.4, -0.2) is 56.5 Å². The average Bonchev–Trinajstić information content (AvgIpc) is 2.88. The van der Waals surface area contributed by atoms with E-state index in [4.69, 9.17) is 9.47 Å². The maximum absolute atomic E-state index is 13.2. The van der Waals surface area contributed by atoms with Gasteiger partial charge in [0.05, 0.1) is 36.9 Å². The standard InChI is InChI=1S/C31H44N2O5/c1-21(2)19-33(26-11-13-27(38-5)14-12-26)29-15-10-24(25(20-37-4)18-31(35)36)17-28(29)32-30(34)16-23-8-6-22(3)7-9-23/h6-10,15,17,21,25-27H,11-14,16,18-20H2,1-5H3,(H,32,34)(H,35,36).